The van der Waals surface area contributed by atoms with Gasteiger partial charge in [-0.15, -0.1) is 0 Å². The minimum Gasteiger partial charge on any atom is -0.479 e. The highest BCUT2D eigenvalue weighted by molar-refractivity contribution is 5.71. The molecular weight excluding hydrogens is 496 g/mol. The molecule has 0 heterocycles. The van der Waals surface area contributed by atoms with Crippen LogP contribution in [0.25, 0.3) is 0 Å². The first kappa shape index (κ1) is 41.3. The van der Waals surface area contributed by atoms with Crippen LogP contribution in [-0.4, -0.2) is 34.0 Å². The number of rotatable bonds is 31. The normalized spacial score (nSPS) is 12.0. The number of carboxylic acid groups (broad SMARTS) is 1. The summed E-state index contributed by atoms with van der Waals surface area (Å²) in [5, 5.41) is 26.3. The van der Waals surface area contributed by atoms with Gasteiger partial charge in [-0.1, -0.05) is 174 Å². The molecule has 0 aliphatic rings. The van der Waals surface area contributed by atoms with E-state index in [9.17, 15) is 4.79 Å². The van der Waals surface area contributed by atoms with Crippen LogP contribution in [0, 0.1) is 0 Å². The smallest absolute Gasteiger partial charge is 0.332 e. The van der Waals surface area contributed by atoms with Gasteiger partial charge in [0, 0.05) is 6.61 Å². The molecule has 0 rings (SSSR count). The molecule has 40 heavy (non-hydrogen) atoms. The van der Waals surface area contributed by atoms with Crippen molar-refractivity contribution < 1.29 is 20.1 Å². The number of allylic oxidation sites excluding steroid dienone is 2. The van der Waals surface area contributed by atoms with E-state index in [4.69, 9.17) is 15.3 Å². The minimum atomic E-state index is -1.16. The minimum absolute atomic E-state index is 0.362. The first-order valence-corrected chi connectivity index (χ1v) is 17.8. The van der Waals surface area contributed by atoms with Gasteiger partial charge in [0.2, 0.25) is 0 Å². The maximum absolute atomic E-state index is 10.4. The van der Waals surface area contributed by atoms with Crippen molar-refractivity contribution in [1.82, 2.24) is 0 Å². The van der Waals surface area contributed by atoms with Gasteiger partial charge in [0.15, 0.2) is 6.10 Å². The topological polar surface area (TPSA) is 77.8 Å². The van der Waals surface area contributed by atoms with Crippen molar-refractivity contribution in [3.8, 4) is 0 Å². The molecule has 0 radical (unpaired) electrons. The Morgan fingerprint density at radius 1 is 0.500 bits per heavy atom. The van der Waals surface area contributed by atoms with Crippen LogP contribution in [0.2, 0.25) is 0 Å². The summed E-state index contributed by atoms with van der Waals surface area (Å²) < 4.78 is 0. The summed E-state index contributed by atoms with van der Waals surface area (Å²) in [5.41, 5.74) is 0. The number of aliphatic carboxylic acids is 1. The Balaban J connectivity index is 0. The van der Waals surface area contributed by atoms with E-state index in [1.807, 2.05) is 0 Å². The van der Waals surface area contributed by atoms with E-state index < -0.39 is 12.1 Å². The lowest BCUT2D eigenvalue weighted by molar-refractivity contribution is -0.146. The number of carboxylic acids is 1. The first-order chi connectivity index (χ1) is 19.6. The van der Waals surface area contributed by atoms with Crippen LogP contribution in [-0.2, 0) is 4.79 Å². The molecule has 4 nitrogen and oxygen atoms in total. The average Bonchev–Trinajstić information content (AvgIpc) is 2.95. The predicted molar refractivity (Wildman–Crippen MR) is 175 cm³/mol. The van der Waals surface area contributed by atoms with E-state index >= 15 is 0 Å². The summed E-state index contributed by atoms with van der Waals surface area (Å²) >= 11 is 0. The summed E-state index contributed by atoms with van der Waals surface area (Å²) in [6, 6.07) is 0. The van der Waals surface area contributed by atoms with Gasteiger partial charge in [0.05, 0.1) is 0 Å². The summed E-state index contributed by atoms with van der Waals surface area (Å²) in [6.45, 7) is 4.89. The van der Waals surface area contributed by atoms with Crippen LogP contribution < -0.4 is 0 Å². The maximum atomic E-state index is 10.4. The Kier molecular flexibility index (Phi) is 39.3. The zero-order chi connectivity index (χ0) is 29.8. The van der Waals surface area contributed by atoms with Crippen molar-refractivity contribution in [3.05, 3.63) is 12.2 Å². The van der Waals surface area contributed by atoms with Gasteiger partial charge in [-0.3, -0.25) is 0 Å². The number of hydrogen-bond acceptors (Lipinski definition) is 3. The Hall–Kier alpha value is -0.870. The van der Waals surface area contributed by atoms with Gasteiger partial charge in [0.1, 0.15) is 0 Å². The Bertz CT molecular complexity index is 491. The molecule has 3 N–H and O–H groups in total. The largest absolute Gasteiger partial charge is 0.479 e. The lowest BCUT2D eigenvalue weighted by Gasteiger charge is -2.05. The summed E-state index contributed by atoms with van der Waals surface area (Å²) in [5.74, 6) is -1.09. The van der Waals surface area contributed by atoms with Crippen molar-refractivity contribution in [2.45, 2.75) is 206 Å². The summed E-state index contributed by atoms with van der Waals surface area (Å²) in [7, 11) is 0. The molecule has 0 aromatic heterocycles. The van der Waals surface area contributed by atoms with Crippen LogP contribution >= 0.6 is 0 Å². The summed E-state index contributed by atoms with van der Waals surface area (Å²) in [4.78, 5) is 10.4. The zero-order valence-electron chi connectivity index (χ0n) is 27.2. The van der Waals surface area contributed by atoms with E-state index in [0.717, 1.165) is 19.3 Å². The van der Waals surface area contributed by atoms with Gasteiger partial charge >= 0.3 is 5.97 Å². The number of aliphatic hydroxyl groups excluding tert-OH is 2. The second-order valence-corrected chi connectivity index (χ2v) is 11.9. The zero-order valence-corrected chi connectivity index (χ0v) is 27.2. The monoisotopic (exact) mass is 569 g/mol. The highest BCUT2D eigenvalue weighted by Gasteiger charge is 2.11. The first-order valence-electron chi connectivity index (χ1n) is 17.8. The molecule has 1 unspecified atom stereocenters. The predicted octanol–water partition coefficient (Wildman–Crippen LogP) is 11.3. The molecule has 0 aromatic rings. The van der Waals surface area contributed by atoms with Crippen LogP contribution in [0.5, 0.6) is 0 Å². The molecule has 0 spiro atoms. The Morgan fingerprint density at radius 2 is 0.800 bits per heavy atom. The number of unbranched alkanes of at least 4 members (excludes halogenated alkanes) is 25. The van der Waals surface area contributed by atoms with E-state index in [1.54, 1.807) is 0 Å². The fourth-order valence-electron chi connectivity index (χ4n) is 5.02. The van der Waals surface area contributed by atoms with Crippen molar-refractivity contribution in [2.75, 3.05) is 6.61 Å². The van der Waals surface area contributed by atoms with E-state index in [-0.39, 0.29) is 0 Å². The van der Waals surface area contributed by atoms with Gasteiger partial charge in [-0.2, -0.15) is 0 Å². The number of aliphatic hydroxyl groups is 2. The molecule has 0 saturated carbocycles. The van der Waals surface area contributed by atoms with E-state index in [2.05, 4.69) is 26.0 Å². The van der Waals surface area contributed by atoms with Crippen LogP contribution in [0.1, 0.15) is 200 Å². The fraction of sp³-hybridized carbons (Fsp3) is 0.917. The molecule has 1 atom stereocenters. The lowest BCUT2D eigenvalue weighted by atomic mass is 10.0. The van der Waals surface area contributed by atoms with Gasteiger partial charge in [-0.25, -0.2) is 4.79 Å². The van der Waals surface area contributed by atoms with Crippen molar-refractivity contribution >= 4 is 5.97 Å². The Labute approximate surface area is 250 Å². The fourth-order valence-corrected chi connectivity index (χ4v) is 5.02. The molecule has 0 aliphatic heterocycles. The average molecular weight is 569 g/mol. The van der Waals surface area contributed by atoms with Gasteiger partial charge in [-0.05, 0) is 38.5 Å². The van der Waals surface area contributed by atoms with Crippen LogP contribution in [0.3, 0.4) is 0 Å². The van der Waals surface area contributed by atoms with Crippen LogP contribution in [0.4, 0.5) is 0 Å². The SMILES string of the molecule is CCCCCCCCC=CCCCCCCCCO.CCCCCCCCCCCCCCCCC(O)C(=O)O. The maximum Gasteiger partial charge on any atom is 0.332 e. The van der Waals surface area contributed by atoms with Crippen molar-refractivity contribution in [1.29, 1.82) is 0 Å². The van der Waals surface area contributed by atoms with Crippen LogP contribution in [0.15, 0.2) is 12.2 Å². The molecule has 0 aromatic carbocycles. The second-order valence-electron chi connectivity index (χ2n) is 11.9. The number of hydrogen-bond donors (Lipinski definition) is 3. The number of carbonyl (C=O) groups is 1. The standard InChI is InChI=1S/C18H36O3.C18H36O/c1-2-3-4-5-6-7-8-9-10-11-12-13-14-15-16-17(19)18(20)21;1-2-3-4-5-6-7-8-9-10-11-12-13-14-15-16-17-18-19/h17,19H,2-16H2,1H3,(H,20,21);9-10,19H,2-8,11-18H2,1H3. The molecule has 4 heteroatoms. The molecule has 0 saturated heterocycles. The Morgan fingerprint density at radius 3 is 1.12 bits per heavy atom. The second kappa shape index (κ2) is 38.1. The lowest BCUT2D eigenvalue weighted by Crippen LogP contribution is -2.18. The molecule has 0 fully saturated rings. The van der Waals surface area contributed by atoms with E-state index in [0.29, 0.717) is 13.0 Å². The molecule has 0 aliphatic carbocycles. The molecule has 0 amide bonds. The third kappa shape index (κ3) is 39.3. The molecule has 0 bridgehead atoms. The molecule has 240 valence electrons. The van der Waals surface area contributed by atoms with Gasteiger partial charge < -0.3 is 15.3 Å². The van der Waals surface area contributed by atoms with Crippen molar-refractivity contribution in [2.24, 2.45) is 0 Å². The quantitative estimate of drug-likeness (QED) is 0.0574. The third-order valence-corrected chi connectivity index (χ3v) is 7.79. The summed E-state index contributed by atoms with van der Waals surface area (Å²) in [6.07, 6.45) is 40.5. The van der Waals surface area contributed by atoms with E-state index in [1.165, 1.54) is 161 Å². The molecular formula is C36H72O4. The highest BCUT2D eigenvalue weighted by atomic mass is 16.4. The third-order valence-electron chi connectivity index (χ3n) is 7.79. The van der Waals surface area contributed by atoms with Crippen molar-refractivity contribution in [3.63, 3.8) is 0 Å². The van der Waals surface area contributed by atoms with Gasteiger partial charge in [0.25, 0.3) is 0 Å². The highest BCUT2D eigenvalue weighted by Crippen LogP contribution is 2.14.